The summed E-state index contributed by atoms with van der Waals surface area (Å²) in [5.41, 5.74) is 2.56. The van der Waals surface area contributed by atoms with E-state index in [4.69, 9.17) is 21.1 Å². The fourth-order valence-electron chi connectivity index (χ4n) is 4.48. The number of hydrogen-bond acceptors (Lipinski definition) is 6. The average molecular weight is 535 g/mol. The van der Waals surface area contributed by atoms with Crippen LogP contribution in [0, 0.1) is 0 Å². The first-order valence-electron chi connectivity index (χ1n) is 11.9. The molecule has 1 fully saturated rings. The highest BCUT2D eigenvalue weighted by molar-refractivity contribution is 6.51. The van der Waals surface area contributed by atoms with Crippen LogP contribution in [0.4, 0.5) is 11.4 Å². The molecule has 4 rings (SSSR count). The molecule has 0 saturated carbocycles. The summed E-state index contributed by atoms with van der Waals surface area (Å²) in [4.78, 5) is 40.0. The van der Waals surface area contributed by atoms with E-state index in [-0.39, 0.29) is 33.6 Å². The number of aliphatic hydroxyl groups is 1. The second-order valence-corrected chi connectivity index (χ2v) is 9.09. The van der Waals surface area contributed by atoms with Crippen molar-refractivity contribution in [3.8, 4) is 11.5 Å². The van der Waals surface area contributed by atoms with E-state index in [1.807, 2.05) is 31.2 Å². The second kappa shape index (κ2) is 11.0. The fraction of sp³-hybridized carbons (Fsp3) is 0.207. The predicted molar refractivity (Wildman–Crippen MR) is 146 cm³/mol. The molecule has 0 aromatic heterocycles. The Morgan fingerprint density at radius 2 is 1.71 bits per heavy atom. The molecule has 0 radical (unpaired) electrons. The first-order valence-corrected chi connectivity index (χ1v) is 12.3. The summed E-state index contributed by atoms with van der Waals surface area (Å²) >= 11 is 6.24. The molecule has 38 heavy (non-hydrogen) atoms. The highest BCUT2D eigenvalue weighted by Gasteiger charge is 2.47. The van der Waals surface area contributed by atoms with E-state index in [1.165, 1.54) is 38.2 Å². The van der Waals surface area contributed by atoms with E-state index in [2.05, 4.69) is 5.32 Å². The lowest BCUT2D eigenvalue weighted by molar-refractivity contribution is -0.132. The van der Waals surface area contributed by atoms with Gasteiger partial charge in [0.15, 0.2) is 0 Å². The maximum Gasteiger partial charge on any atom is 0.300 e. The summed E-state index contributed by atoms with van der Waals surface area (Å²) in [5.74, 6) is -1.94. The van der Waals surface area contributed by atoms with Crippen molar-refractivity contribution in [2.24, 2.45) is 0 Å². The minimum Gasteiger partial charge on any atom is -0.507 e. The molecule has 2 N–H and O–H groups in total. The topological polar surface area (TPSA) is 105 Å². The summed E-state index contributed by atoms with van der Waals surface area (Å²) in [6, 6.07) is 16.1. The summed E-state index contributed by atoms with van der Waals surface area (Å²) in [5, 5.41) is 14.5. The quantitative estimate of drug-likeness (QED) is 0.235. The summed E-state index contributed by atoms with van der Waals surface area (Å²) in [6.45, 7) is 3.40. The number of Topliss-reactive ketones (excluding diaryl/α,β-unsaturated/α-hetero) is 1. The molecule has 8 nitrogen and oxygen atoms in total. The van der Waals surface area contributed by atoms with Crippen molar-refractivity contribution in [2.75, 3.05) is 24.4 Å². The van der Waals surface area contributed by atoms with Crippen LogP contribution in [0.25, 0.3) is 5.76 Å². The number of carbonyl (C=O) groups excluding carboxylic acids is 3. The second-order valence-electron chi connectivity index (χ2n) is 8.68. The largest absolute Gasteiger partial charge is 0.507 e. The molecule has 3 aromatic carbocycles. The number of carbonyl (C=O) groups is 3. The van der Waals surface area contributed by atoms with Gasteiger partial charge in [-0.3, -0.25) is 19.3 Å². The first-order chi connectivity index (χ1) is 18.2. The standard InChI is InChI=1S/C29H27ClN2O6/c1-5-17-9-11-18(12-10-17)26-25(27(34)21-14-24(38-4)22(30)15-23(21)37-3)28(35)29(36)32(26)20-8-6-7-19(13-20)31-16(2)33/h6-15,26,34H,5H2,1-4H3,(H,31,33)/b27-25+. The Balaban J connectivity index is 1.97. The number of ether oxygens (including phenoxy) is 2. The Morgan fingerprint density at radius 3 is 2.32 bits per heavy atom. The third-order valence-corrected chi connectivity index (χ3v) is 6.62. The molecule has 1 saturated heterocycles. The zero-order valence-electron chi connectivity index (χ0n) is 21.4. The number of rotatable bonds is 7. The lowest BCUT2D eigenvalue weighted by Crippen LogP contribution is -2.29. The number of nitrogens with zero attached hydrogens (tertiary/aromatic N) is 1. The monoisotopic (exact) mass is 534 g/mol. The van der Waals surface area contributed by atoms with Crippen LogP contribution in [-0.2, 0) is 20.8 Å². The van der Waals surface area contributed by atoms with Gasteiger partial charge in [0.2, 0.25) is 5.91 Å². The molecule has 1 aliphatic rings. The first kappa shape index (κ1) is 26.8. The van der Waals surface area contributed by atoms with Gasteiger partial charge >= 0.3 is 0 Å². The number of ketones is 1. The summed E-state index contributed by atoms with van der Waals surface area (Å²) < 4.78 is 10.7. The van der Waals surface area contributed by atoms with Crippen LogP contribution < -0.4 is 19.7 Å². The molecule has 1 unspecified atom stereocenters. The minimum absolute atomic E-state index is 0.119. The Labute approximate surface area is 225 Å². The Morgan fingerprint density at radius 1 is 1.03 bits per heavy atom. The Kier molecular flexibility index (Phi) is 7.73. The summed E-state index contributed by atoms with van der Waals surface area (Å²) in [7, 11) is 2.83. The Bertz CT molecular complexity index is 1450. The van der Waals surface area contributed by atoms with Gasteiger partial charge in [-0.1, -0.05) is 48.9 Å². The molecule has 3 aromatic rings. The molecule has 196 valence electrons. The highest BCUT2D eigenvalue weighted by Crippen LogP contribution is 2.45. The number of aliphatic hydroxyl groups excluding tert-OH is 1. The maximum absolute atomic E-state index is 13.5. The number of hydrogen-bond donors (Lipinski definition) is 2. The van der Waals surface area contributed by atoms with Gasteiger partial charge in [-0.2, -0.15) is 0 Å². The predicted octanol–water partition coefficient (Wildman–Crippen LogP) is 5.50. The molecule has 9 heteroatoms. The van der Waals surface area contributed by atoms with Crippen molar-refractivity contribution in [1.82, 2.24) is 0 Å². The SMILES string of the molecule is CCc1ccc(C2/C(=C(\O)c3cc(OC)c(Cl)cc3OC)C(=O)C(=O)N2c2cccc(NC(C)=O)c2)cc1. The lowest BCUT2D eigenvalue weighted by atomic mass is 9.94. The van der Waals surface area contributed by atoms with Crippen molar-refractivity contribution in [3.05, 3.63) is 87.9 Å². The van der Waals surface area contributed by atoms with Crippen molar-refractivity contribution >= 4 is 46.3 Å². The van der Waals surface area contributed by atoms with E-state index < -0.39 is 23.5 Å². The number of amides is 2. The Hall–Kier alpha value is -4.30. The van der Waals surface area contributed by atoms with Crippen LogP contribution in [0.15, 0.2) is 66.2 Å². The van der Waals surface area contributed by atoms with Crippen LogP contribution in [0.3, 0.4) is 0 Å². The number of anilines is 2. The van der Waals surface area contributed by atoms with Crippen LogP contribution in [0.5, 0.6) is 11.5 Å². The van der Waals surface area contributed by atoms with Crippen molar-refractivity contribution in [1.29, 1.82) is 0 Å². The van der Waals surface area contributed by atoms with E-state index >= 15 is 0 Å². The smallest absolute Gasteiger partial charge is 0.300 e. The van der Waals surface area contributed by atoms with Gasteiger partial charge in [0.05, 0.1) is 36.4 Å². The zero-order chi connectivity index (χ0) is 27.6. The van der Waals surface area contributed by atoms with Crippen molar-refractivity contribution in [3.63, 3.8) is 0 Å². The summed E-state index contributed by atoms with van der Waals surface area (Å²) in [6.07, 6.45) is 0.807. The van der Waals surface area contributed by atoms with Crippen LogP contribution in [0.2, 0.25) is 5.02 Å². The average Bonchev–Trinajstić information content (AvgIpc) is 3.18. The van der Waals surface area contributed by atoms with Crippen LogP contribution in [0.1, 0.15) is 36.6 Å². The minimum atomic E-state index is -0.958. The van der Waals surface area contributed by atoms with E-state index in [1.54, 1.807) is 24.3 Å². The van der Waals surface area contributed by atoms with Gasteiger partial charge in [0.1, 0.15) is 17.3 Å². The number of halogens is 1. The normalized spacial score (nSPS) is 16.4. The third kappa shape index (κ3) is 4.95. The number of methoxy groups -OCH3 is 2. The molecule has 1 atom stereocenters. The van der Waals surface area contributed by atoms with E-state index in [9.17, 15) is 19.5 Å². The lowest BCUT2D eigenvalue weighted by Gasteiger charge is -2.26. The molecule has 0 aliphatic carbocycles. The van der Waals surface area contributed by atoms with Crippen molar-refractivity contribution in [2.45, 2.75) is 26.3 Å². The molecular formula is C29H27ClN2O6. The zero-order valence-corrected chi connectivity index (χ0v) is 22.1. The van der Waals surface area contributed by atoms with Crippen molar-refractivity contribution < 1.29 is 29.0 Å². The molecular weight excluding hydrogens is 508 g/mol. The van der Waals surface area contributed by atoms with Gasteiger partial charge < -0.3 is 19.9 Å². The maximum atomic E-state index is 13.5. The van der Waals surface area contributed by atoms with Crippen LogP contribution >= 0.6 is 11.6 Å². The highest BCUT2D eigenvalue weighted by atomic mass is 35.5. The number of benzene rings is 3. The molecule has 0 bridgehead atoms. The fourth-order valence-corrected chi connectivity index (χ4v) is 4.71. The van der Waals surface area contributed by atoms with Crippen LogP contribution in [-0.4, -0.2) is 36.9 Å². The molecule has 1 heterocycles. The van der Waals surface area contributed by atoms with E-state index in [0.29, 0.717) is 16.9 Å². The molecule has 2 amide bonds. The van der Waals surface area contributed by atoms with Gasteiger partial charge in [-0.05, 0) is 41.8 Å². The number of nitrogens with one attached hydrogen (secondary N) is 1. The van der Waals surface area contributed by atoms with Gasteiger partial charge in [-0.15, -0.1) is 0 Å². The molecule has 1 aliphatic heterocycles. The van der Waals surface area contributed by atoms with Gasteiger partial charge in [0.25, 0.3) is 11.7 Å². The molecule has 0 spiro atoms. The van der Waals surface area contributed by atoms with Gasteiger partial charge in [0, 0.05) is 24.4 Å². The van der Waals surface area contributed by atoms with Gasteiger partial charge in [-0.25, -0.2) is 0 Å². The number of aryl methyl sites for hydroxylation is 1. The third-order valence-electron chi connectivity index (χ3n) is 6.32. The van der Waals surface area contributed by atoms with E-state index in [0.717, 1.165) is 12.0 Å².